The number of halogens is 1. The van der Waals surface area contributed by atoms with Crippen molar-refractivity contribution >= 4 is 21.7 Å². The van der Waals surface area contributed by atoms with Crippen LogP contribution in [0.25, 0.3) is 0 Å². The molecule has 1 rings (SSSR count). The van der Waals surface area contributed by atoms with Crippen molar-refractivity contribution < 1.29 is 9.47 Å². The van der Waals surface area contributed by atoms with Gasteiger partial charge in [0.15, 0.2) is 0 Å². The zero-order valence-corrected chi connectivity index (χ0v) is 9.80. The summed E-state index contributed by atoms with van der Waals surface area (Å²) in [6.07, 6.45) is 1.66. The van der Waals surface area contributed by atoms with Crippen molar-refractivity contribution in [1.82, 2.24) is 4.98 Å². The number of pyridine rings is 1. The van der Waals surface area contributed by atoms with Gasteiger partial charge >= 0.3 is 0 Å². The van der Waals surface area contributed by atoms with Gasteiger partial charge in [-0.3, -0.25) is 0 Å². The van der Waals surface area contributed by atoms with Crippen LogP contribution in [0.4, 0.5) is 5.82 Å². The van der Waals surface area contributed by atoms with Crippen molar-refractivity contribution in [1.29, 1.82) is 0 Å². The molecule has 0 spiro atoms. The van der Waals surface area contributed by atoms with Crippen LogP contribution in [0.3, 0.4) is 0 Å². The SMILES string of the molecule is CCOc1c(COC)cnc(N)c1Br. The lowest BCUT2D eigenvalue weighted by Gasteiger charge is -2.12. The molecule has 2 N–H and O–H groups in total. The molecule has 0 aliphatic heterocycles. The summed E-state index contributed by atoms with van der Waals surface area (Å²) < 4.78 is 11.2. The second kappa shape index (κ2) is 5.17. The molecular formula is C9H13BrN2O2. The Labute approximate surface area is 91.5 Å². The number of aromatic nitrogens is 1. The summed E-state index contributed by atoms with van der Waals surface area (Å²) in [6, 6.07) is 0. The van der Waals surface area contributed by atoms with Gasteiger partial charge in [0.05, 0.1) is 13.2 Å². The molecule has 78 valence electrons. The minimum absolute atomic E-state index is 0.424. The highest BCUT2D eigenvalue weighted by atomic mass is 79.9. The van der Waals surface area contributed by atoms with Crippen molar-refractivity contribution in [2.45, 2.75) is 13.5 Å². The van der Waals surface area contributed by atoms with E-state index in [9.17, 15) is 0 Å². The molecule has 0 unspecified atom stereocenters. The summed E-state index contributed by atoms with van der Waals surface area (Å²) in [5, 5.41) is 0. The van der Waals surface area contributed by atoms with Crippen LogP contribution < -0.4 is 10.5 Å². The fourth-order valence-corrected chi connectivity index (χ4v) is 1.55. The molecule has 0 saturated carbocycles. The zero-order chi connectivity index (χ0) is 10.6. The summed E-state index contributed by atoms with van der Waals surface area (Å²) in [4.78, 5) is 4.01. The smallest absolute Gasteiger partial charge is 0.144 e. The second-order valence-electron chi connectivity index (χ2n) is 2.68. The largest absolute Gasteiger partial charge is 0.492 e. The molecular weight excluding hydrogens is 248 g/mol. The van der Waals surface area contributed by atoms with Gasteiger partial charge in [0.2, 0.25) is 0 Å². The third-order valence-electron chi connectivity index (χ3n) is 1.66. The van der Waals surface area contributed by atoms with Gasteiger partial charge in [-0.15, -0.1) is 0 Å². The lowest BCUT2D eigenvalue weighted by atomic mass is 10.2. The van der Waals surface area contributed by atoms with Gasteiger partial charge < -0.3 is 15.2 Å². The number of nitrogens with two attached hydrogens (primary N) is 1. The molecule has 0 saturated heterocycles. The molecule has 0 aliphatic rings. The summed E-state index contributed by atoms with van der Waals surface area (Å²) in [7, 11) is 1.62. The Bertz CT molecular complexity index is 318. The zero-order valence-electron chi connectivity index (χ0n) is 8.21. The average molecular weight is 261 g/mol. The van der Waals surface area contributed by atoms with E-state index in [0.717, 1.165) is 5.56 Å². The van der Waals surface area contributed by atoms with E-state index in [1.165, 1.54) is 0 Å². The summed E-state index contributed by atoms with van der Waals surface area (Å²) >= 11 is 3.33. The normalized spacial score (nSPS) is 10.2. The van der Waals surface area contributed by atoms with E-state index in [0.29, 0.717) is 29.3 Å². The predicted octanol–water partition coefficient (Wildman–Crippen LogP) is 1.97. The minimum atomic E-state index is 0.424. The predicted molar refractivity (Wildman–Crippen MR) is 58.2 cm³/mol. The van der Waals surface area contributed by atoms with E-state index in [1.54, 1.807) is 13.3 Å². The van der Waals surface area contributed by atoms with Crippen LogP contribution >= 0.6 is 15.9 Å². The monoisotopic (exact) mass is 260 g/mol. The second-order valence-corrected chi connectivity index (χ2v) is 3.47. The van der Waals surface area contributed by atoms with Gasteiger partial charge in [0.25, 0.3) is 0 Å². The first-order valence-corrected chi connectivity index (χ1v) is 5.04. The Morgan fingerprint density at radius 3 is 2.86 bits per heavy atom. The van der Waals surface area contributed by atoms with Gasteiger partial charge in [-0.2, -0.15) is 0 Å². The Kier molecular flexibility index (Phi) is 4.16. The van der Waals surface area contributed by atoms with E-state index in [4.69, 9.17) is 15.2 Å². The molecule has 0 fully saturated rings. The molecule has 1 aromatic rings. The molecule has 1 heterocycles. The third-order valence-corrected chi connectivity index (χ3v) is 2.43. The lowest BCUT2D eigenvalue weighted by molar-refractivity contribution is 0.180. The van der Waals surface area contributed by atoms with E-state index in [-0.39, 0.29) is 0 Å². The number of methoxy groups -OCH3 is 1. The van der Waals surface area contributed by atoms with E-state index < -0.39 is 0 Å². The summed E-state index contributed by atoms with van der Waals surface area (Å²) in [6.45, 7) is 2.96. The molecule has 5 heteroatoms. The minimum Gasteiger partial charge on any atom is -0.492 e. The first-order valence-electron chi connectivity index (χ1n) is 4.25. The molecule has 0 aromatic carbocycles. The quantitative estimate of drug-likeness (QED) is 0.900. The van der Waals surface area contributed by atoms with Crippen molar-refractivity contribution in [2.24, 2.45) is 0 Å². The first kappa shape index (κ1) is 11.3. The number of nitrogens with zero attached hydrogens (tertiary/aromatic N) is 1. The third kappa shape index (κ3) is 2.36. The topological polar surface area (TPSA) is 57.4 Å². The van der Waals surface area contributed by atoms with Gasteiger partial charge in [-0.05, 0) is 22.9 Å². The standard InChI is InChI=1S/C9H13BrN2O2/c1-3-14-8-6(5-13-2)4-12-9(11)7(8)10/h4H,3,5H2,1-2H3,(H2,11,12). The van der Waals surface area contributed by atoms with E-state index in [1.807, 2.05) is 6.92 Å². The van der Waals surface area contributed by atoms with Gasteiger partial charge in [-0.1, -0.05) is 0 Å². The van der Waals surface area contributed by atoms with Crippen LogP contribution in [-0.2, 0) is 11.3 Å². The molecule has 0 amide bonds. The maximum Gasteiger partial charge on any atom is 0.144 e. The molecule has 0 atom stereocenters. The maximum atomic E-state index is 5.64. The number of nitrogen functional groups attached to an aromatic ring is 1. The highest BCUT2D eigenvalue weighted by Gasteiger charge is 2.11. The van der Waals surface area contributed by atoms with Crippen molar-refractivity contribution in [3.05, 3.63) is 16.2 Å². The number of hydrogen-bond donors (Lipinski definition) is 1. The molecule has 4 nitrogen and oxygen atoms in total. The number of anilines is 1. The van der Waals surface area contributed by atoms with Crippen molar-refractivity contribution in [2.75, 3.05) is 19.5 Å². The Balaban J connectivity index is 3.08. The van der Waals surface area contributed by atoms with E-state index >= 15 is 0 Å². The van der Waals surface area contributed by atoms with Crippen molar-refractivity contribution in [3.63, 3.8) is 0 Å². The molecule has 0 radical (unpaired) electrons. The van der Waals surface area contributed by atoms with Crippen LogP contribution in [0.2, 0.25) is 0 Å². The molecule has 1 aromatic heterocycles. The Morgan fingerprint density at radius 1 is 1.57 bits per heavy atom. The van der Waals surface area contributed by atoms with Gasteiger partial charge in [0.1, 0.15) is 16.0 Å². The molecule has 0 aliphatic carbocycles. The highest BCUT2D eigenvalue weighted by molar-refractivity contribution is 9.10. The van der Waals surface area contributed by atoms with Crippen LogP contribution in [-0.4, -0.2) is 18.7 Å². The fraction of sp³-hybridized carbons (Fsp3) is 0.444. The average Bonchev–Trinajstić information content (AvgIpc) is 2.18. The number of hydrogen-bond acceptors (Lipinski definition) is 4. The summed E-state index contributed by atoms with van der Waals surface area (Å²) in [5.74, 6) is 1.13. The molecule has 0 bridgehead atoms. The Morgan fingerprint density at radius 2 is 2.29 bits per heavy atom. The molecule has 14 heavy (non-hydrogen) atoms. The lowest BCUT2D eigenvalue weighted by Crippen LogP contribution is -2.03. The van der Waals surface area contributed by atoms with Crippen molar-refractivity contribution in [3.8, 4) is 5.75 Å². The Hall–Kier alpha value is -0.810. The van der Waals surface area contributed by atoms with Crippen LogP contribution in [0.1, 0.15) is 12.5 Å². The number of ether oxygens (including phenoxy) is 2. The van der Waals surface area contributed by atoms with Gasteiger partial charge in [0, 0.05) is 18.9 Å². The van der Waals surface area contributed by atoms with Crippen LogP contribution in [0, 0.1) is 0 Å². The number of rotatable bonds is 4. The van der Waals surface area contributed by atoms with Crippen LogP contribution in [0.5, 0.6) is 5.75 Å². The summed E-state index contributed by atoms with van der Waals surface area (Å²) in [5.41, 5.74) is 6.52. The van der Waals surface area contributed by atoms with Crippen LogP contribution in [0.15, 0.2) is 10.7 Å². The fourth-order valence-electron chi connectivity index (χ4n) is 1.08. The maximum absolute atomic E-state index is 5.64. The van der Waals surface area contributed by atoms with Gasteiger partial charge in [-0.25, -0.2) is 4.98 Å². The van der Waals surface area contributed by atoms with E-state index in [2.05, 4.69) is 20.9 Å². The first-order chi connectivity index (χ1) is 6.70. The highest BCUT2D eigenvalue weighted by Crippen LogP contribution is 2.32.